The van der Waals surface area contributed by atoms with Crippen molar-refractivity contribution >= 4 is 6.47 Å². The first-order chi connectivity index (χ1) is 5.20. The van der Waals surface area contributed by atoms with Gasteiger partial charge < -0.3 is 9.47 Å². The van der Waals surface area contributed by atoms with E-state index in [1.165, 1.54) is 0 Å². The summed E-state index contributed by atoms with van der Waals surface area (Å²) >= 11 is 0. The molecule has 0 aliphatic rings. The number of rotatable bonds is 6. The molecule has 0 aliphatic heterocycles. The molecule has 2 atom stereocenters. The molecule has 0 bridgehead atoms. The van der Waals surface area contributed by atoms with Crippen molar-refractivity contribution < 1.29 is 14.3 Å². The molecule has 0 aromatic rings. The third-order valence-electron chi connectivity index (χ3n) is 1.48. The molecular weight excluding hydrogens is 144 g/mol. The lowest BCUT2D eigenvalue weighted by Crippen LogP contribution is -2.19. The third-order valence-corrected chi connectivity index (χ3v) is 1.48. The predicted octanol–water partition coefficient (Wildman–Crippen LogP) is 1.36. The maximum Gasteiger partial charge on any atom is 0.293 e. The fourth-order valence-electron chi connectivity index (χ4n) is 0.552. The van der Waals surface area contributed by atoms with E-state index in [-0.39, 0.29) is 12.2 Å². The van der Waals surface area contributed by atoms with Crippen molar-refractivity contribution in [3.8, 4) is 0 Å². The molecule has 0 fully saturated rings. The maximum atomic E-state index is 9.85. The van der Waals surface area contributed by atoms with Gasteiger partial charge in [-0.3, -0.25) is 4.79 Å². The Hall–Kier alpha value is -0.570. The maximum absolute atomic E-state index is 9.85. The molecule has 11 heavy (non-hydrogen) atoms. The average molecular weight is 160 g/mol. The van der Waals surface area contributed by atoms with E-state index in [4.69, 9.17) is 4.74 Å². The summed E-state index contributed by atoms with van der Waals surface area (Å²) < 4.78 is 9.95. The van der Waals surface area contributed by atoms with Crippen molar-refractivity contribution in [2.75, 3.05) is 6.61 Å². The molecule has 0 aliphatic carbocycles. The summed E-state index contributed by atoms with van der Waals surface area (Å²) in [5.74, 6) is 0. The van der Waals surface area contributed by atoms with E-state index >= 15 is 0 Å². The Balaban J connectivity index is 3.29. The molecule has 0 rings (SSSR count). The van der Waals surface area contributed by atoms with Gasteiger partial charge in [0.2, 0.25) is 0 Å². The summed E-state index contributed by atoms with van der Waals surface area (Å²) in [7, 11) is 0. The van der Waals surface area contributed by atoms with Crippen LogP contribution in [0.5, 0.6) is 0 Å². The van der Waals surface area contributed by atoms with Gasteiger partial charge in [0, 0.05) is 0 Å². The minimum atomic E-state index is -0.138. The van der Waals surface area contributed by atoms with Gasteiger partial charge in [-0.05, 0) is 20.3 Å². The van der Waals surface area contributed by atoms with Crippen LogP contribution in [-0.2, 0) is 14.3 Å². The molecule has 3 nitrogen and oxygen atoms in total. The van der Waals surface area contributed by atoms with Gasteiger partial charge in [-0.1, -0.05) is 6.92 Å². The second kappa shape index (κ2) is 6.16. The van der Waals surface area contributed by atoms with Crippen LogP contribution in [0.3, 0.4) is 0 Å². The van der Waals surface area contributed by atoms with Gasteiger partial charge in [0.15, 0.2) is 0 Å². The molecule has 2 unspecified atom stereocenters. The first-order valence-corrected chi connectivity index (χ1v) is 3.91. The van der Waals surface area contributed by atoms with Crippen molar-refractivity contribution in [1.29, 1.82) is 0 Å². The van der Waals surface area contributed by atoms with Gasteiger partial charge in [-0.15, -0.1) is 0 Å². The van der Waals surface area contributed by atoms with E-state index in [0.717, 1.165) is 6.42 Å². The molecule has 0 N–H and O–H groups in total. The van der Waals surface area contributed by atoms with E-state index in [1.54, 1.807) is 6.92 Å². The molecule has 0 amide bonds. The van der Waals surface area contributed by atoms with Crippen LogP contribution in [0.1, 0.15) is 27.2 Å². The summed E-state index contributed by atoms with van der Waals surface area (Å²) in [6, 6.07) is 0. The molecule has 0 aromatic carbocycles. The van der Waals surface area contributed by atoms with Crippen molar-refractivity contribution in [3.63, 3.8) is 0 Å². The van der Waals surface area contributed by atoms with E-state index in [0.29, 0.717) is 13.1 Å². The van der Waals surface area contributed by atoms with Crippen LogP contribution in [0.2, 0.25) is 0 Å². The van der Waals surface area contributed by atoms with Crippen LogP contribution in [0.25, 0.3) is 0 Å². The third kappa shape index (κ3) is 5.85. The van der Waals surface area contributed by atoms with Crippen molar-refractivity contribution in [1.82, 2.24) is 0 Å². The molecule has 0 radical (unpaired) electrons. The van der Waals surface area contributed by atoms with Crippen LogP contribution < -0.4 is 0 Å². The Morgan fingerprint density at radius 2 is 2.00 bits per heavy atom. The minimum Gasteiger partial charge on any atom is -0.462 e. The van der Waals surface area contributed by atoms with Crippen molar-refractivity contribution in [2.45, 2.75) is 39.4 Å². The molecule has 0 saturated carbocycles. The molecular formula is C8H16O3. The van der Waals surface area contributed by atoms with Crippen LogP contribution in [0.15, 0.2) is 0 Å². The lowest BCUT2D eigenvalue weighted by atomic mass is 10.3. The monoisotopic (exact) mass is 160 g/mol. The van der Waals surface area contributed by atoms with Gasteiger partial charge in [0.1, 0.15) is 6.10 Å². The summed E-state index contributed by atoms with van der Waals surface area (Å²) in [4.78, 5) is 9.85. The number of carbonyl (C=O) groups is 1. The molecule has 0 aromatic heterocycles. The molecule has 3 heteroatoms. The van der Waals surface area contributed by atoms with E-state index in [1.807, 2.05) is 6.92 Å². The molecule has 0 spiro atoms. The highest BCUT2D eigenvalue weighted by molar-refractivity contribution is 5.37. The largest absolute Gasteiger partial charge is 0.462 e. The first-order valence-electron chi connectivity index (χ1n) is 3.91. The Morgan fingerprint density at radius 1 is 1.36 bits per heavy atom. The van der Waals surface area contributed by atoms with Gasteiger partial charge in [0.25, 0.3) is 6.47 Å². The molecule has 0 saturated heterocycles. The Bertz CT molecular complexity index is 104. The first kappa shape index (κ1) is 10.4. The Labute approximate surface area is 67.7 Å². The van der Waals surface area contributed by atoms with Crippen molar-refractivity contribution in [3.05, 3.63) is 0 Å². The highest BCUT2D eigenvalue weighted by Gasteiger charge is 2.04. The van der Waals surface area contributed by atoms with Gasteiger partial charge in [-0.25, -0.2) is 0 Å². The lowest BCUT2D eigenvalue weighted by molar-refractivity contribution is -0.136. The normalized spacial score (nSPS) is 15.5. The number of hydrogen-bond donors (Lipinski definition) is 0. The van der Waals surface area contributed by atoms with Gasteiger partial charge in [-0.2, -0.15) is 0 Å². The van der Waals surface area contributed by atoms with Crippen molar-refractivity contribution in [2.24, 2.45) is 0 Å². The van der Waals surface area contributed by atoms with E-state index in [2.05, 4.69) is 11.7 Å². The molecule has 0 heterocycles. The Kier molecular flexibility index (Phi) is 5.84. The minimum absolute atomic E-state index is 0.138. The summed E-state index contributed by atoms with van der Waals surface area (Å²) in [6.45, 7) is 6.78. The van der Waals surface area contributed by atoms with Crippen LogP contribution in [0, 0.1) is 0 Å². The second-order valence-corrected chi connectivity index (χ2v) is 2.60. The summed E-state index contributed by atoms with van der Waals surface area (Å²) in [5, 5.41) is 0. The smallest absolute Gasteiger partial charge is 0.293 e. The predicted molar refractivity (Wildman–Crippen MR) is 42.3 cm³/mol. The standard InChI is InChI=1S/C8H16O3/c1-4-7(2)10-5-8(3)11-6-9/h6-8H,4-5H2,1-3H3. The zero-order valence-corrected chi connectivity index (χ0v) is 7.37. The lowest BCUT2D eigenvalue weighted by Gasteiger charge is -2.13. The number of carbonyl (C=O) groups excluding carboxylic acids is 1. The summed E-state index contributed by atoms with van der Waals surface area (Å²) in [6.07, 6.45) is 1.09. The zero-order chi connectivity index (χ0) is 8.69. The topological polar surface area (TPSA) is 35.5 Å². The quantitative estimate of drug-likeness (QED) is 0.550. The number of ether oxygens (including phenoxy) is 2. The van der Waals surface area contributed by atoms with Crippen LogP contribution in [0.4, 0.5) is 0 Å². The van der Waals surface area contributed by atoms with E-state index < -0.39 is 0 Å². The fraction of sp³-hybridized carbons (Fsp3) is 0.875. The van der Waals surface area contributed by atoms with Gasteiger partial charge >= 0.3 is 0 Å². The molecule has 66 valence electrons. The van der Waals surface area contributed by atoms with Crippen LogP contribution in [-0.4, -0.2) is 25.3 Å². The van der Waals surface area contributed by atoms with Crippen LogP contribution >= 0.6 is 0 Å². The highest BCUT2D eigenvalue weighted by Crippen LogP contribution is 1.98. The second-order valence-electron chi connectivity index (χ2n) is 2.60. The van der Waals surface area contributed by atoms with E-state index in [9.17, 15) is 4.79 Å². The highest BCUT2D eigenvalue weighted by atomic mass is 16.6. The van der Waals surface area contributed by atoms with Gasteiger partial charge in [0.05, 0.1) is 12.7 Å². The average Bonchev–Trinajstić information content (AvgIpc) is 2.01. The SMILES string of the molecule is CCC(C)OCC(C)OC=O. The fourth-order valence-corrected chi connectivity index (χ4v) is 0.552. The zero-order valence-electron chi connectivity index (χ0n) is 7.37. The number of hydrogen-bond acceptors (Lipinski definition) is 3. The Morgan fingerprint density at radius 3 is 2.45 bits per heavy atom. The summed E-state index contributed by atoms with van der Waals surface area (Å²) in [5.41, 5.74) is 0.